The van der Waals surface area contributed by atoms with Gasteiger partial charge in [0, 0.05) is 12.6 Å². The average molecular weight is 375 g/mol. The molecular formula is C21H27ClN2O2. The monoisotopic (exact) mass is 374 g/mol. The Bertz CT molecular complexity index is 750. The third kappa shape index (κ3) is 4.37. The van der Waals surface area contributed by atoms with E-state index in [1.807, 2.05) is 47.4 Å². The third-order valence-electron chi connectivity index (χ3n) is 5.02. The number of nitrogens with zero attached hydrogens (tertiary/aromatic N) is 1. The van der Waals surface area contributed by atoms with Crippen LogP contribution in [0, 0.1) is 12.8 Å². The molecule has 1 aliphatic rings. The SMILES string of the molecule is Cc1ccccc1COc1ccccc1C(=O)N1CC(CN)CC1C.Cl. The Morgan fingerprint density at radius 1 is 1.19 bits per heavy atom. The van der Waals surface area contributed by atoms with Gasteiger partial charge in [0.2, 0.25) is 0 Å². The number of nitrogens with two attached hydrogens (primary N) is 1. The van der Waals surface area contributed by atoms with E-state index in [1.165, 1.54) is 5.56 Å². The van der Waals surface area contributed by atoms with Crippen LogP contribution in [-0.4, -0.2) is 29.9 Å². The maximum atomic E-state index is 13.0. The highest BCUT2D eigenvalue weighted by Crippen LogP contribution is 2.28. The van der Waals surface area contributed by atoms with Crippen molar-refractivity contribution in [1.82, 2.24) is 4.90 Å². The second kappa shape index (κ2) is 9.06. The van der Waals surface area contributed by atoms with E-state index in [4.69, 9.17) is 10.5 Å². The van der Waals surface area contributed by atoms with Gasteiger partial charge in [0.05, 0.1) is 5.56 Å². The van der Waals surface area contributed by atoms with Gasteiger partial charge in [-0.05, 0) is 56.0 Å². The zero-order valence-electron chi connectivity index (χ0n) is 15.4. The number of amides is 1. The van der Waals surface area contributed by atoms with Crippen LogP contribution in [0.25, 0.3) is 0 Å². The number of likely N-dealkylation sites (tertiary alicyclic amines) is 1. The van der Waals surface area contributed by atoms with Gasteiger partial charge >= 0.3 is 0 Å². The Kier molecular flexibility index (Phi) is 7.06. The lowest BCUT2D eigenvalue weighted by molar-refractivity contribution is 0.0738. The molecule has 1 aliphatic heterocycles. The molecule has 0 spiro atoms. The first-order valence-electron chi connectivity index (χ1n) is 8.87. The number of carbonyl (C=O) groups excluding carboxylic acids is 1. The van der Waals surface area contributed by atoms with Gasteiger partial charge in [0.15, 0.2) is 0 Å². The molecule has 5 heteroatoms. The average Bonchev–Trinajstić information content (AvgIpc) is 3.01. The number of ether oxygens (including phenoxy) is 1. The fourth-order valence-electron chi connectivity index (χ4n) is 3.45. The normalized spacial score (nSPS) is 19.1. The van der Waals surface area contributed by atoms with Gasteiger partial charge in [-0.1, -0.05) is 36.4 Å². The minimum absolute atomic E-state index is 0. The van der Waals surface area contributed by atoms with Gasteiger partial charge < -0.3 is 15.4 Å². The number of rotatable bonds is 5. The van der Waals surface area contributed by atoms with Crippen molar-refractivity contribution in [2.75, 3.05) is 13.1 Å². The molecule has 1 fully saturated rings. The quantitative estimate of drug-likeness (QED) is 0.865. The van der Waals surface area contributed by atoms with Crippen molar-refractivity contribution in [3.8, 4) is 5.75 Å². The van der Waals surface area contributed by atoms with E-state index in [0.717, 1.165) is 18.5 Å². The highest BCUT2D eigenvalue weighted by Gasteiger charge is 2.33. The fourth-order valence-corrected chi connectivity index (χ4v) is 3.45. The minimum Gasteiger partial charge on any atom is -0.488 e. The highest BCUT2D eigenvalue weighted by molar-refractivity contribution is 5.97. The van der Waals surface area contributed by atoms with Crippen molar-refractivity contribution in [2.45, 2.75) is 32.9 Å². The Morgan fingerprint density at radius 2 is 1.88 bits per heavy atom. The summed E-state index contributed by atoms with van der Waals surface area (Å²) < 4.78 is 6.00. The van der Waals surface area contributed by atoms with Gasteiger partial charge in [-0.15, -0.1) is 12.4 Å². The molecule has 1 saturated heterocycles. The summed E-state index contributed by atoms with van der Waals surface area (Å²) in [4.78, 5) is 14.9. The summed E-state index contributed by atoms with van der Waals surface area (Å²) in [5.74, 6) is 1.06. The molecule has 0 saturated carbocycles. The van der Waals surface area contributed by atoms with Crippen LogP contribution in [0.4, 0.5) is 0 Å². The van der Waals surface area contributed by atoms with Crippen molar-refractivity contribution < 1.29 is 9.53 Å². The molecule has 2 aromatic carbocycles. The molecule has 2 atom stereocenters. The summed E-state index contributed by atoms with van der Waals surface area (Å²) >= 11 is 0. The Balaban J connectivity index is 0.00000243. The van der Waals surface area contributed by atoms with Crippen LogP contribution in [0.1, 0.15) is 34.8 Å². The van der Waals surface area contributed by atoms with Crippen LogP contribution >= 0.6 is 12.4 Å². The topological polar surface area (TPSA) is 55.6 Å². The molecule has 2 aromatic rings. The molecule has 2 unspecified atom stereocenters. The molecule has 2 N–H and O–H groups in total. The van der Waals surface area contributed by atoms with Crippen molar-refractivity contribution >= 4 is 18.3 Å². The van der Waals surface area contributed by atoms with Crippen LogP contribution in [0.3, 0.4) is 0 Å². The maximum Gasteiger partial charge on any atom is 0.257 e. The lowest BCUT2D eigenvalue weighted by Crippen LogP contribution is -2.34. The van der Waals surface area contributed by atoms with E-state index < -0.39 is 0 Å². The molecule has 0 aromatic heterocycles. The van der Waals surface area contributed by atoms with E-state index in [9.17, 15) is 4.79 Å². The van der Waals surface area contributed by atoms with Gasteiger partial charge in [-0.2, -0.15) is 0 Å². The maximum absolute atomic E-state index is 13.0. The van der Waals surface area contributed by atoms with E-state index in [1.54, 1.807) is 0 Å². The van der Waals surface area contributed by atoms with E-state index in [2.05, 4.69) is 19.9 Å². The first-order valence-corrected chi connectivity index (χ1v) is 8.87. The van der Waals surface area contributed by atoms with Gasteiger partial charge in [0.25, 0.3) is 5.91 Å². The number of aryl methyl sites for hydroxylation is 1. The number of para-hydroxylation sites is 1. The predicted molar refractivity (Wildman–Crippen MR) is 107 cm³/mol. The molecule has 4 nitrogen and oxygen atoms in total. The first-order chi connectivity index (χ1) is 12.1. The minimum atomic E-state index is 0. The first kappa shape index (κ1) is 20.3. The Morgan fingerprint density at radius 3 is 2.58 bits per heavy atom. The van der Waals surface area contributed by atoms with Gasteiger partial charge in [-0.3, -0.25) is 4.79 Å². The van der Waals surface area contributed by atoms with Crippen molar-refractivity contribution in [3.63, 3.8) is 0 Å². The molecule has 1 amide bonds. The summed E-state index contributed by atoms with van der Waals surface area (Å²) in [5.41, 5.74) is 8.73. The molecule has 0 radical (unpaired) electrons. The summed E-state index contributed by atoms with van der Waals surface area (Å²) in [5, 5.41) is 0. The lowest BCUT2D eigenvalue weighted by atomic mass is 10.1. The lowest BCUT2D eigenvalue weighted by Gasteiger charge is -2.23. The summed E-state index contributed by atoms with van der Waals surface area (Å²) in [6, 6.07) is 15.8. The molecule has 140 valence electrons. The zero-order chi connectivity index (χ0) is 17.8. The van der Waals surface area contributed by atoms with Crippen molar-refractivity contribution in [3.05, 3.63) is 65.2 Å². The number of hydrogen-bond acceptors (Lipinski definition) is 3. The molecule has 1 heterocycles. The number of hydrogen-bond donors (Lipinski definition) is 1. The Labute approximate surface area is 161 Å². The van der Waals surface area contributed by atoms with Crippen molar-refractivity contribution in [2.24, 2.45) is 11.7 Å². The standard InChI is InChI=1S/C21H26N2O2.ClH/c1-15-7-3-4-8-18(15)14-25-20-10-6-5-9-19(20)21(24)23-13-17(12-22)11-16(23)2;/h3-10,16-17H,11-14,22H2,1-2H3;1H. The highest BCUT2D eigenvalue weighted by atomic mass is 35.5. The summed E-state index contributed by atoms with van der Waals surface area (Å²) in [6.45, 7) is 5.96. The van der Waals surface area contributed by atoms with Crippen LogP contribution < -0.4 is 10.5 Å². The van der Waals surface area contributed by atoms with E-state index >= 15 is 0 Å². The predicted octanol–water partition coefficient (Wildman–Crippen LogP) is 3.81. The van der Waals surface area contributed by atoms with Gasteiger partial charge in [0.1, 0.15) is 12.4 Å². The molecular weight excluding hydrogens is 348 g/mol. The van der Waals surface area contributed by atoms with E-state index in [-0.39, 0.29) is 24.4 Å². The largest absolute Gasteiger partial charge is 0.488 e. The zero-order valence-corrected chi connectivity index (χ0v) is 16.2. The number of benzene rings is 2. The molecule has 26 heavy (non-hydrogen) atoms. The van der Waals surface area contributed by atoms with Crippen molar-refractivity contribution in [1.29, 1.82) is 0 Å². The van der Waals surface area contributed by atoms with E-state index in [0.29, 0.717) is 30.4 Å². The summed E-state index contributed by atoms with van der Waals surface area (Å²) in [6.07, 6.45) is 0.967. The van der Waals surface area contributed by atoms with Crippen LogP contribution in [0.15, 0.2) is 48.5 Å². The third-order valence-corrected chi connectivity index (χ3v) is 5.02. The smallest absolute Gasteiger partial charge is 0.257 e. The molecule has 3 rings (SSSR count). The number of carbonyl (C=O) groups is 1. The van der Waals surface area contributed by atoms with Crippen LogP contribution in [0.2, 0.25) is 0 Å². The number of halogens is 1. The van der Waals surface area contributed by atoms with Crippen LogP contribution in [0.5, 0.6) is 5.75 Å². The second-order valence-electron chi connectivity index (χ2n) is 6.86. The second-order valence-corrected chi connectivity index (χ2v) is 6.86. The van der Waals surface area contributed by atoms with Gasteiger partial charge in [-0.25, -0.2) is 0 Å². The summed E-state index contributed by atoms with van der Waals surface area (Å²) in [7, 11) is 0. The van der Waals surface area contributed by atoms with Crippen LogP contribution in [-0.2, 0) is 6.61 Å². The fraction of sp³-hybridized carbons (Fsp3) is 0.381. The molecule has 0 bridgehead atoms. The Hall–Kier alpha value is -2.04. The molecule has 0 aliphatic carbocycles.